The zero-order valence-corrected chi connectivity index (χ0v) is 6.63. The van der Waals surface area contributed by atoms with Gasteiger partial charge in [-0.05, 0) is 18.6 Å². The average Bonchev–Trinajstić information content (AvgIpc) is 2.12. The van der Waals surface area contributed by atoms with E-state index in [2.05, 4.69) is 0 Å². The van der Waals surface area contributed by atoms with Gasteiger partial charge in [0.05, 0.1) is 7.11 Å². The van der Waals surface area contributed by atoms with Crippen LogP contribution in [0.5, 0.6) is 5.75 Å². The van der Waals surface area contributed by atoms with Gasteiger partial charge in [-0.1, -0.05) is 18.2 Å². The molecule has 0 aliphatic rings. The summed E-state index contributed by atoms with van der Waals surface area (Å²) in [7, 11) is 1.50. The fourth-order valence-corrected chi connectivity index (χ4v) is 0.950. The Kier molecular flexibility index (Phi) is 2.26. The van der Waals surface area contributed by atoms with Crippen LogP contribution >= 0.6 is 0 Å². The van der Waals surface area contributed by atoms with Gasteiger partial charge in [-0.3, -0.25) is 4.79 Å². The Balaban J connectivity index is 3.44. The number of aryl methyl sites for hydroxylation is 1. The predicted octanol–water partition coefficient (Wildman–Crippen LogP) is 1.36. The van der Waals surface area contributed by atoms with E-state index < -0.39 is 0 Å². The van der Waals surface area contributed by atoms with Gasteiger partial charge in [0.15, 0.2) is 5.75 Å². The van der Waals surface area contributed by atoms with Crippen molar-refractivity contribution in [1.82, 2.24) is 0 Å². The standard InChI is InChI=1S/C9H10O2/c1-7-5-3-4-6-8(10)9(7)11-2/h3-6H,1-2H3. The van der Waals surface area contributed by atoms with Crippen LogP contribution in [-0.2, 0) is 0 Å². The zero-order chi connectivity index (χ0) is 8.27. The highest BCUT2D eigenvalue weighted by Gasteiger charge is 1.97. The van der Waals surface area contributed by atoms with Crippen molar-refractivity contribution < 1.29 is 4.74 Å². The summed E-state index contributed by atoms with van der Waals surface area (Å²) in [5, 5.41) is 0. The van der Waals surface area contributed by atoms with Crippen LogP contribution in [0.2, 0.25) is 0 Å². The Morgan fingerprint density at radius 3 is 2.55 bits per heavy atom. The molecule has 2 nitrogen and oxygen atoms in total. The van der Waals surface area contributed by atoms with Crippen LogP contribution in [0.4, 0.5) is 0 Å². The van der Waals surface area contributed by atoms with E-state index in [0.717, 1.165) is 5.56 Å². The lowest BCUT2D eigenvalue weighted by molar-refractivity contribution is 0.408. The van der Waals surface area contributed by atoms with Crippen LogP contribution in [-0.4, -0.2) is 7.11 Å². The van der Waals surface area contributed by atoms with Crippen molar-refractivity contribution in [2.75, 3.05) is 7.11 Å². The summed E-state index contributed by atoms with van der Waals surface area (Å²) in [5.41, 5.74) is 0.789. The molecule has 0 radical (unpaired) electrons. The number of rotatable bonds is 1. The smallest absolute Gasteiger partial charge is 0.220 e. The molecule has 0 saturated carbocycles. The van der Waals surface area contributed by atoms with Crippen molar-refractivity contribution in [3.63, 3.8) is 0 Å². The summed E-state index contributed by atoms with van der Waals surface area (Å²) < 4.78 is 4.92. The summed E-state index contributed by atoms with van der Waals surface area (Å²) in [6.45, 7) is 1.85. The Labute approximate surface area is 65.4 Å². The van der Waals surface area contributed by atoms with Gasteiger partial charge < -0.3 is 4.74 Å². The molecular weight excluding hydrogens is 140 g/mol. The summed E-state index contributed by atoms with van der Waals surface area (Å²) in [6, 6.07) is 6.86. The SMILES string of the molecule is COc1c(C)ccccc1=O. The molecule has 0 atom stereocenters. The molecule has 2 heteroatoms. The molecule has 0 aromatic heterocycles. The van der Waals surface area contributed by atoms with Crippen LogP contribution in [0.25, 0.3) is 0 Å². The molecule has 1 aromatic carbocycles. The van der Waals surface area contributed by atoms with Crippen molar-refractivity contribution in [2.24, 2.45) is 0 Å². The second-order valence-corrected chi connectivity index (χ2v) is 2.30. The van der Waals surface area contributed by atoms with E-state index in [4.69, 9.17) is 4.74 Å². The van der Waals surface area contributed by atoms with Crippen molar-refractivity contribution >= 4 is 0 Å². The highest BCUT2D eigenvalue weighted by atomic mass is 16.5. The van der Waals surface area contributed by atoms with Crippen molar-refractivity contribution in [3.05, 3.63) is 40.1 Å². The van der Waals surface area contributed by atoms with Crippen molar-refractivity contribution in [3.8, 4) is 5.75 Å². The van der Waals surface area contributed by atoms with Gasteiger partial charge >= 0.3 is 0 Å². The van der Waals surface area contributed by atoms with Gasteiger partial charge in [0.2, 0.25) is 5.43 Å². The second-order valence-electron chi connectivity index (χ2n) is 2.30. The molecule has 58 valence electrons. The van der Waals surface area contributed by atoms with Gasteiger partial charge in [0.1, 0.15) is 0 Å². The van der Waals surface area contributed by atoms with Crippen LogP contribution in [0, 0.1) is 6.92 Å². The minimum absolute atomic E-state index is 0.0741. The first-order valence-corrected chi connectivity index (χ1v) is 3.39. The maximum Gasteiger partial charge on any atom is 0.220 e. The maximum atomic E-state index is 11.1. The number of hydrogen-bond donors (Lipinski definition) is 0. The highest BCUT2D eigenvalue weighted by Crippen LogP contribution is 2.07. The van der Waals surface area contributed by atoms with E-state index >= 15 is 0 Å². The Morgan fingerprint density at radius 1 is 1.27 bits per heavy atom. The minimum atomic E-state index is -0.0741. The summed E-state index contributed by atoms with van der Waals surface area (Å²) in [6.07, 6.45) is 0. The number of methoxy groups -OCH3 is 1. The third kappa shape index (κ3) is 1.58. The van der Waals surface area contributed by atoms with E-state index in [1.54, 1.807) is 6.07 Å². The molecule has 0 spiro atoms. The first-order chi connectivity index (χ1) is 5.25. The lowest BCUT2D eigenvalue weighted by Crippen LogP contribution is -2.01. The summed E-state index contributed by atoms with van der Waals surface area (Å²) >= 11 is 0. The minimum Gasteiger partial charge on any atom is -0.492 e. The van der Waals surface area contributed by atoms with E-state index in [1.165, 1.54) is 13.2 Å². The molecule has 0 fully saturated rings. The van der Waals surface area contributed by atoms with E-state index in [1.807, 2.05) is 19.1 Å². The summed E-state index contributed by atoms with van der Waals surface area (Å²) in [4.78, 5) is 11.1. The monoisotopic (exact) mass is 150 g/mol. The Bertz CT molecular complexity index is 305. The number of ether oxygens (including phenoxy) is 1. The molecule has 0 heterocycles. The lowest BCUT2D eigenvalue weighted by Gasteiger charge is -1.96. The highest BCUT2D eigenvalue weighted by molar-refractivity contribution is 5.30. The molecule has 1 aromatic rings. The Hall–Kier alpha value is -1.31. The van der Waals surface area contributed by atoms with Crippen molar-refractivity contribution in [1.29, 1.82) is 0 Å². The molecule has 0 amide bonds. The third-order valence-electron chi connectivity index (χ3n) is 1.49. The largest absolute Gasteiger partial charge is 0.492 e. The van der Waals surface area contributed by atoms with Crippen LogP contribution < -0.4 is 10.2 Å². The quantitative estimate of drug-likeness (QED) is 0.604. The molecule has 11 heavy (non-hydrogen) atoms. The lowest BCUT2D eigenvalue weighted by atomic mass is 10.3. The van der Waals surface area contributed by atoms with Crippen LogP contribution in [0.3, 0.4) is 0 Å². The Morgan fingerprint density at radius 2 is 1.91 bits per heavy atom. The molecule has 0 saturated heterocycles. The van der Waals surface area contributed by atoms with Crippen LogP contribution in [0.15, 0.2) is 29.1 Å². The normalized spacial score (nSPS) is 9.27. The molecule has 0 unspecified atom stereocenters. The second kappa shape index (κ2) is 3.19. The fourth-order valence-electron chi connectivity index (χ4n) is 0.950. The fraction of sp³-hybridized carbons (Fsp3) is 0.222. The first-order valence-electron chi connectivity index (χ1n) is 3.39. The molecule has 0 aliphatic carbocycles. The van der Waals surface area contributed by atoms with Gasteiger partial charge in [-0.2, -0.15) is 0 Å². The molecule has 0 N–H and O–H groups in total. The topological polar surface area (TPSA) is 26.3 Å². The molecule has 0 aliphatic heterocycles. The van der Waals surface area contributed by atoms with E-state index in [-0.39, 0.29) is 5.43 Å². The van der Waals surface area contributed by atoms with Gasteiger partial charge in [-0.25, -0.2) is 0 Å². The zero-order valence-electron chi connectivity index (χ0n) is 6.63. The third-order valence-corrected chi connectivity index (χ3v) is 1.49. The number of hydrogen-bond acceptors (Lipinski definition) is 2. The average molecular weight is 150 g/mol. The van der Waals surface area contributed by atoms with Gasteiger partial charge in [0.25, 0.3) is 0 Å². The molecular formula is C9H10O2. The predicted molar refractivity (Wildman–Crippen MR) is 44.0 cm³/mol. The van der Waals surface area contributed by atoms with Crippen molar-refractivity contribution in [2.45, 2.75) is 6.92 Å². The molecule has 0 bridgehead atoms. The summed E-state index contributed by atoms with van der Waals surface area (Å²) in [5.74, 6) is 0.426. The van der Waals surface area contributed by atoms with E-state index in [0.29, 0.717) is 5.75 Å². The van der Waals surface area contributed by atoms with Gasteiger partial charge in [-0.15, -0.1) is 0 Å². The maximum absolute atomic E-state index is 11.1. The molecule has 1 rings (SSSR count). The van der Waals surface area contributed by atoms with Crippen LogP contribution in [0.1, 0.15) is 5.56 Å². The van der Waals surface area contributed by atoms with Gasteiger partial charge in [0, 0.05) is 0 Å². The van der Waals surface area contributed by atoms with E-state index in [9.17, 15) is 4.79 Å². The first kappa shape index (κ1) is 7.79.